The smallest absolute Gasteiger partial charge is 0.287 e. The zero-order chi connectivity index (χ0) is 29.5. The zero-order valence-corrected chi connectivity index (χ0v) is 26.6. The third kappa shape index (κ3) is 7.43. The number of hydrogen-bond donors (Lipinski definition) is 0. The van der Waals surface area contributed by atoms with Crippen LogP contribution < -0.4 is 14.0 Å². The number of aromatic nitrogens is 2. The van der Waals surface area contributed by atoms with Crippen LogP contribution in [0.3, 0.4) is 0 Å². The Labute approximate surface area is 247 Å². The van der Waals surface area contributed by atoms with Gasteiger partial charge in [0.25, 0.3) is 5.82 Å². The Bertz CT molecular complexity index is 1420. The lowest BCUT2D eigenvalue weighted by Gasteiger charge is -2.19. The first-order valence-corrected chi connectivity index (χ1v) is 15.5. The SMILES string of the molecule is COC(C)c1n(CCC(C)C)c2ccccc2[n+]1Cc1cc(OCCC(C)C)c2ccccc2c1OCCC(C)C. The number of nitrogens with zero attached hydrogens (tertiary/aromatic N) is 2. The van der Waals surface area contributed by atoms with Crippen molar-refractivity contribution in [2.75, 3.05) is 20.3 Å². The molecule has 1 aromatic heterocycles. The topological polar surface area (TPSA) is 36.5 Å². The van der Waals surface area contributed by atoms with Gasteiger partial charge in [0.1, 0.15) is 18.0 Å². The molecule has 41 heavy (non-hydrogen) atoms. The number of methoxy groups -OCH3 is 1. The predicted molar refractivity (Wildman–Crippen MR) is 170 cm³/mol. The second-order valence-corrected chi connectivity index (χ2v) is 12.6. The lowest BCUT2D eigenvalue weighted by Crippen LogP contribution is -2.40. The summed E-state index contributed by atoms with van der Waals surface area (Å²) < 4.78 is 24.0. The Morgan fingerprint density at radius 3 is 2.00 bits per heavy atom. The molecule has 5 heteroatoms. The Morgan fingerprint density at radius 2 is 1.34 bits per heavy atom. The fraction of sp³-hybridized carbons (Fsp3) is 0.528. The molecule has 0 spiro atoms. The Hall–Kier alpha value is -3.05. The lowest BCUT2D eigenvalue weighted by atomic mass is 10.0. The minimum absolute atomic E-state index is 0.0675. The van der Waals surface area contributed by atoms with Crippen LogP contribution in [0.2, 0.25) is 0 Å². The fourth-order valence-electron chi connectivity index (χ4n) is 5.40. The number of benzene rings is 3. The summed E-state index contributed by atoms with van der Waals surface area (Å²) >= 11 is 0. The van der Waals surface area contributed by atoms with Crippen LogP contribution in [-0.2, 0) is 17.8 Å². The van der Waals surface area contributed by atoms with Gasteiger partial charge in [-0.05, 0) is 62.1 Å². The molecule has 222 valence electrons. The molecule has 5 nitrogen and oxygen atoms in total. The van der Waals surface area contributed by atoms with Gasteiger partial charge in [-0.3, -0.25) is 0 Å². The van der Waals surface area contributed by atoms with E-state index in [1.54, 1.807) is 7.11 Å². The van der Waals surface area contributed by atoms with E-state index in [1.807, 2.05) is 0 Å². The minimum atomic E-state index is -0.0675. The highest BCUT2D eigenvalue weighted by Crippen LogP contribution is 2.38. The van der Waals surface area contributed by atoms with Gasteiger partial charge < -0.3 is 14.2 Å². The molecule has 0 aliphatic heterocycles. The van der Waals surface area contributed by atoms with Crippen molar-refractivity contribution >= 4 is 21.8 Å². The largest absolute Gasteiger partial charge is 0.493 e. The number of fused-ring (bicyclic) bond motifs is 2. The van der Waals surface area contributed by atoms with Crippen molar-refractivity contribution in [3.8, 4) is 11.5 Å². The molecule has 1 atom stereocenters. The molecule has 0 saturated heterocycles. The van der Waals surface area contributed by atoms with Crippen LogP contribution in [-0.4, -0.2) is 24.9 Å². The molecule has 0 N–H and O–H groups in total. The van der Waals surface area contributed by atoms with Crippen LogP contribution >= 0.6 is 0 Å². The molecular formula is C36H51N2O3+. The molecule has 0 fully saturated rings. The first kappa shape index (κ1) is 30.9. The Morgan fingerprint density at radius 1 is 0.732 bits per heavy atom. The number of ether oxygens (including phenoxy) is 3. The molecule has 0 amide bonds. The standard InChI is InChI=1S/C36H51N2O3/c1-25(2)17-20-37-32-15-11-12-16-33(32)38(36(37)28(7)39-8)24-29-23-34(40-21-18-26(3)4)30-13-9-10-14-31(30)35(29)41-22-19-27(5)6/h9-16,23,25-28H,17-22,24H2,1-8H3/q+1. The molecule has 0 bridgehead atoms. The van der Waals surface area contributed by atoms with E-state index in [4.69, 9.17) is 14.2 Å². The van der Waals surface area contributed by atoms with Crippen molar-refractivity contribution in [1.82, 2.24) is 4.57 Å². The van der Waals surface area contributed by atoms with Crippen LogP contribution in [0.5, 0.6) is 11.5 Å². The highest BCUT2D eigenvalue weighted by atomic mass is 16.5. The van der Waals surface area contributed by atoms with E-state index in [2.05, 4.69) is 112 Å². The monoisotopic (exact) mass is 559 g/mol. The average molecular weight is 560 g/mol. The van der Waals surface area contributed by atoms with E-state index < -0.39 is 0 Å². The summed E-state index contributed by atoms with van der Waals surface area (Å²) in [5.41, 5.74) is 3.58. The Kier molecular flexibility index (Phi) is 10.7. The normalized spacial score (nSPS) is 12.8. The van der Waals surface area contributed by atoms with Gasteiger partial charge in [-0.2, -0.15) is 0 Å². The first-order chi connectivity index (χ1) is 19.7. The van der Waals surface area contributed by atoms with E-state index in [0.717, 1.165) is 53.6 Å². The van der Waals surface area contributed by atoms with Crippen molar-refractivity contribution < 1.29 is 18.8 Å². The van der Waals surface area contributed by atoms with Crippen molar-refractivity contribution in [2.45, 2.75) is 86.9 Å². The molecule has 4 rings (SSSR count). The van der Waals surface area contributed by atoms with E-state index in [1.165, 1.54) is 16.9 Å². The van der Waals surface area contributed by atoms with Gasteiger partial charge in [-0.15, -0.1) is 0 Å². The minimum Gasteiger partial charge on any atom is -0.493 e. The highest BCUT2D eigenvalue weighted by Gasteiger charge is 2.30. The van der Waals surface area contributed by atoms with Crippen LogP contribution in [0.4, 0.5) is 0 Å². The van der Waals surface area contributed by atoms with Crippen molar-refractivity contribution in [3.63, 3.8) is 0 Å². The molecular weight excluding hydrogens is 508 g/mol. The Balaban J connectivity index is 1.90. The van der Waals surface area contributed by atoms with Crippen molar-refractivity contribution in [2.24, 2.45) is 17.8 Å². The molecule has 0 aliphatic carbocycles. The molecule has 1 unspecified atom stereocenters. The van der Waals surface area contributed by atoms with Gasteiger partial charge in [0.15, 0.2) is 17.1 Å². The fourth-order valence-corrected chi connectivity index (χ4v) is 5.40. The number of rotatable bonds is 15. The summed E-state index contributed by atoms with van der Waals surface area (Å²) in [6.07, 6.45) is 3.06. The number of imidazole rings is 1. The number of para-hydroxylation sites is 2. The first-order valence-electron chi connectivity index (χ1n) is 15.5. The van der Waals surface area contributed by atoms with Crippen LogP contribution in [0.15, 0.2) is 54.6 Å². The molecule has 0 radical (unpaired) electrons. The maximum absolute atomic E-state index is 6.65. The quantitative estimate of drug-likeness (QED) is 0.137. The third-order valence-corrected chi connectivity index (χ3v) is 7.92. The molecule has 4 aromatic rings. The zero-order valence-electron chi connectivity index (χ0n) is 26.6. The van der Waals surface area contributed by atoms with Gasteiger partial charge in [-0.1, -0.05) is 77.9 Å². The van der Waals surface area contributed by atoms with Crippen molar-refractivity contribution in [1.29, 1.82) is 0 Å². The molecule has 3 aromatic carbocycles. The number of aryl methyl sites for hydroxylation is 1. The summed E-state index contributed by atoms with van der Waals surface area (Å²) in [6.45, 7) is 18.7. The lowest BCUT2D eigenvalue weighted by molar-refractivity contribution is -0.675. The second-order valence-electron chi connectivity index (χ2n) is 12.6. The van der Waals surface area contributed by atoms with Gasteiger partial charge in [0, 0.05) is 23.4 Å². The number of hydrogen-bond acceptors (Lipinski definition) is 3. The van der Waals surface area contributed by atoms with Gasteiger partial charge in [0.2, 0.25) is 0 Å². The van der Waals surface area contributed by atoms with Crippen molar-refractivity contribution in [3.05, 3.63) is 66.0 Å². The van der Waals surface area contributed by atoms with E-state index in [9.17, 15) is 0 Å². The van der Waals surface area contributed by atoms with Crippen LogP contribution in [0, 0.1) is 17.8 Å². The third-order valence-electron chi connectivity index (χ3n) is 7.92. The van der Waals surface area contributed by atoms with Crippen LogP contribution in [0.1, 0.15) is 85.2 Å². The maximum Gasteiger partial charge on any atom is 0.287 e. The van der Waals surface area contributed by atoms with E-state index in [0.29, 0.717) is 37.5 Å². The molecule has 1 heterocycles. The summed E-state index contributed by atoms with van der Waals surface area (Å²) in [5.74, 6) is 4.84. The van der Waals surface area contributed by atoms with Crippen LogP contribution in [0.25, 0.3) is 21.8 Å². The molecule has 0 aliphatic rings. The highest BCUT2D eigenvalue weighted by molar-refractivity contribution is 5.94. The summed E-state index contributed by atoms with van der Waals surface area (Å²) in [5, 5.41) is 2.22. The van der Waals surface area contributed by atoms with Gasteiger partial charge >= 0.3 is 0 Å². The van der Waals surface area contributed by atoms with Gasteiger partial charge in [0.05, 0.1) is 19.8 Å². The maximum atomic E-state index is 6.65. The van der Waals surface area contributed by atoms with Gasteiger partial charge in [-0.25, -0.2) is 9.13 Å². The van der Waals surface area contributed by atoms with E-state index in [-0.39, 0.29) is 6.10 Å². The molecule has 0 saturated carbocycles. The average Bonchev–Trinajstić information content (AvgIpc) is 3.25. The van der Waals surface area contributed by atoms with E-state index >= 15 is 0 Å². The summed E-state index contributed by atoms with van der Waals surface area (Å²) in [4.78, 5) is 0. The predicted octanol–water partition coefficient (Wildman–Crippen LogP) is 8.73. The summed E-state index contributed by atoms with van der Waals surface area (Å²) in [6, 6.07) is 19.5. The summed E-state index contributed by atoms with van der Waals surface area (Å²) in [7, 11) is 1.80. The second kappa shape index (κ2) is 14.2.